The minimum atomic E-state index is -0.491. The molecular formula is C20H29N3O. The van der Waals surface area contributed by atoms with Gasteiger partial charge in [0.15, 0.2) is 0 Å². The summed E-state index contributed by atoms with van der Waals surface area (Å²) in [6, 6.07) is 7.62. The zero-order valence-electron chi connectivity index (χ0n) is 14.6. The van der Waals surface area contributed by atoms with Gasteiger partial charge in [-0.2, -0.15) is 0 Å². The highest BCUT2D eigenvalue weighted by Crippen LogP contribution is 2.30. The van der Waals surface area contributed by atoms with Crippen LogP contribution in [0.2, 0.25) is 0 Å². The van der Waals surface area contributed by atoms with Gasteiger partial charge >= 0.3 is 0 Å². The maximum atomic E-state index is 12.3. The molecule has 0 bridgehead atoms. The Morgan fingerprint density at radius 2 is 2.21 bits per heavy atom. The Kier molecular flexibility index (Phi) is 5.56. The summed E-state index contributed by atoms with van der Waals surface area (Å²) in [5.41, 5.74) is 8.31. The van der Waals surface area contributed by atoms with Gasteiger partial charge < -0.3 is 16.0 Å². The number of benzene rings is 1. The molecule has 2 unspecified atom stereocenters. The van der Waals surface area contributed by atoms with E-state index in [0.717, 1.165) is 41.3 Å². The smallest absolute Gasteiger partial charge is 0.237 e. The van der Waals surface area contributed by atoms with Crippen LogP contribution in [0.15, 0.2) is 30.5 Å². The Morgan fingerprint density at radius 3 is 3.04 bits per heavy atom. The minimum Gasteiger partial charge on any atom is -0.361 e. The van der Waals surface area contributed by atoms with E-state index < -0.39 is 6.04 Å². The third-order valence-electron chi connectivity index (χ3n) is 5.35. The number of aromatic nitrogens is 1. The van der Waals surface area contributed by atoms with Crippen LogP contribution >= 0.6 is 0 Å². The number of fused-ring (bicyclic) bond motifs is 1. The molecule has 1 heterocycles. The van der Waals surface area contributed by atoms with Gasteiger partial charge in [0.25, 0.3) is 0 Å². The second-order valence-electron chi connectivity index (χ2n) is 7.39. The third-order valence-corrected chi connectivity index (χ3v) is 5.35. The molecule has 1 aliphatic rings. The number of hydrogen-bond acceptors (Lipinski definition) is 2. The molecule has 130 valence electrons. The fourth-order valence-corrected chi connectivity index (χ4v) is 3.98. The van der Waals surface area contributed by atoms with Crippen molar-refractivity contribution in [1.82, 2.24) is 10.3 Å². The van der Waals surface area contributed by atoms with Crippen molar-refractivity contribution in [2.24, 2.45) is 17.6 Å². The number of carbonyl (C=O) groups excluding carboxylic acids is 1. The molecule has 2 aromatic rings. The highest BCUT2D eigenvalue weighted by molar-refractivity contribution is 5.86. The van der Waals surface area contributed by atoms with E-state index >= 15 is 0 Å². The van der Waals surface area contributed by atoms with Gasteiger partial charge in [-0.3, -0.25) is 4.79 Å². The van der Waals surface area contributed by atoms with E-state index in [9.17, 15) is 4.79 Å². The van der Waals surface area contributed by atoms with Crippen molar-refractivity contribution in [2.75, 3.05) is 6.54 Å². The summed E-state index contributed by atoms with van der Waals surface area (Å²) < 4.78 is 0. The second kappa shape index (κ2) is 7.84. The summed E-state index contributed by atoms with van der Waals surface area (Å²) in [6.45, 7) is 3.08. The van der Waals surface area contributed by atoms with Crippen LogP contribution in [0.3, 0.4) is 0 Å². The molecule has 1 fully saturated rings. The lowest BCUT2D eigenvalue weighted by atomic mass is 9.81. The zero-order chi connectivity index (χ0) is 16.9. The maximum Gasteiger partial charge on any atom is 0.237 e. The van der Waals surface area contributed by atoms with E-state index in [2.05, 4.69) is 23.3 Å². The molecule has 1 amide bonds. The lowest BCUT2D eigenvalue weighted by Crippen LogP contribution is -2.42. The topological polar surface area (TPSA) is 70.9 Å². The Morgan fingerprint density at radius 1 is 1.38 bits per heavy atom. The Balaban J connectivity index is 1.46. The van der Waals surface area contributed by atoms with Crippen LogP contribution in [0.4, 0.5) is 0 Å². The summed E-state index contributed by atoms with van der Waals surface area (Å²) in [7, 11) is 0. The van der Waals surface area contributed by atoms with E-state index in [1.165, 1.54) is 25.7 Å². The molecule has 1 aromatic carbocycles. The van der Waals surface area contributed by atoms with Gasteiger partial charge in [0.1, 0.15) is 0 Å². The summed E-state index contributed by atoms with van der Waals surface area (Å²) in [5, 5.41) is 4.18. The minimum absolute atomic E-state index is 0.0378. The Labute approximate surface area is 144 Å². The van der Waals surface area contributed by atoms with Gasteiger partial charge in [0.05, 0.1) is 6.04 Å². The number of nitrogens with one attached hydrogen (secondary N) is 2. The monoisotopic (exact) mass is 327 g/mol. The van der Waals surface area contributed by atoms with Gasteiger partial charge in [0.2, 0.25) is 5.91 Å². The van der Waals surface area contributed by atoms with Crippen LogP contribution < -0.4 is 11.1 Å². The molecule has 1 aromatic heterocycles. The maximum absolute atomic E-state index is 12.3. The number of aromatic amines is 1. The lowest BCUT2D eigenvalue weighted by Gasteiger charge is -2.26. The standard InChI is InChI=1S/C20H29N3O/c1-14-5-4-6-15(11-14)9-10-22-20(24)18(21)12-16-13-23-19-8-3-2-7-17(16)19/h2-3,7-8,13-15,18,23H,4-6,9-12,21H2,1H3,(H,22,24)/t14?,15?,18-/m0/s1. The van der Waals surface area contributed by atoms with E-state index in [1.54, 1.807) is 0 Å². The number of hydrogen-bond donors (Lipinski definition) is 3. The van der Waals surface area contributed by atoms with Crippen molar-refractivity contribution in [3.8, 4) is 0 Å². The van der Waals surface area contributed by atoms with Crippen molar-refractivity contribution in [1.29, 1.82) is 0 Å². The van der Waals surface area contributed by atoms with Gasteiger partial charge in [0, 0.05) is 23.6 Å². The van der Waals surface area contributed by atoms with Crippen molar-refractivity contribution in [3.05, 3.63) is 36.0 Å². The third kappa shape index (κ3) is 4.18. The number of amides is 1. The number of nitrogens with two attached hydrogens (primary N) is 1. The first-order chi connectivity index (χ1) is 11.6. The molecule has 3 atom stereocenters. The zero-order valence-corrected chi connectivity index (χ0v) is 14.6. The average Bonchev–Trinajstić information content (AvgIpc) is 2.98. The normalized spacial score (nSPS) is 22.4. The molecule has 1 saturated carbocycles. The van der Waals surface area contributed by atoms with Crippen molar-refractivity contribution in [2.45, 2.75) is 51.5 Å². The van der Waals surface area contributed by atoms with Crippen LogP contribution in [0.25, 0.3) is 10.9 Å². The number of H-pyrrole nitrogens is 1. The molecule has 4 N–H and O–H groups in total. The van der Waals surface area contributed by atoms with Crippen LogP contribution in [0.5, 0.6) is 0 Å². The number of rotatable bonds is 6. The molecule has 0 spiro atoms. The molecule has 24 heavy (non-hydrogen) atoms. The summed E-state index contributed by atoms with van der Waals surface area (Å²) in [6.07, 6.45) is 8.91. The number of para-hydroxylation sites is 1. The van der Waals surface area contributed by atoms with Gasteiger partial charge in [-0.1, -0.05) is 44.4 Å². The van der Waals surface area contributed by atoms with Gasteiger partial charge in [-0.15, -0.1) is 0 Å². The predicted molar refractivity (Wildman–Crippen MR) is 98.7 cm³/mol. The first kappa shape index (κ1) is 17.0. The molecule has 0 saturated heterocycles. The molecule has 3 rings (SSSR count). The fraction of sp³-hybridized carbons (Fsp3) is 0.550. The quantitative estimate of drug-likeness (QED) is 0.761. The van der Waals surface area contributed by atoms with Crippen LogP contribution in [-0.2, 0) is 11.2 Å². The van der Waals surface area contributed by atoms with Crippen molar-refractivity contribution < 1.29 is 4.79 Å². The summed E-state index contributed by atoms with van der Waals surface area (Å²) in [4.78, 5) is 15.5. The first-order valence-electron chi connectivity index (χ1n) is 9.21. The van der Waals surface area contributed by atoms with Crippen molar-refractivity contribution >= 4 is 16.8 Å². The van der Waals surface area contributed by atoms with Crippen molar-refractivity contribution in [3.63, 3.8) is 0 Å². The molecular weight excluding hydrogens is 298 g/mol. The summed E-state index contributed by atoms with van der Waals surface area (Å²) in [5.74, 6) is 1.56. The average molecular weight is 327 g/mol. The van der Waals surface area contributed by atoms with E-state index in [-0.39, 0.29) is 5.91 Å². The van der Waals surface area contributed by atoms with Crippen LogP contribution in [0.1, 0.15) is 44.6 Å². The van der Waals surface area contributed by atoms with E-state index in [0.29, 0.717) is 6.42 Å². The first-order valence-corrected chi connectivity index (χ1v) is 9.21. The second-order valence-corrected chi connectivity index (χ2v) is 7.39. The lowest BCUT2D eigenvalue weighted by molar-refractivity contribution is -0.122. The predicted octanol–water partition coefficient (Wildman–Crippen LogP) is 3.37. The molecule has 4 heteroatoms. The van der Waals surface area contributed by atoms with E-state index in [4.69, 9.17) is 5.73 Å². The summed E-state index contributed by atoms with van der Waals surface area (Å²) >= 11 is 0. The molecule has 0 aliphatic heterocycles. The highest BCUT2D eigenvalue weighted by Gasteiger charge is 2.20. The molecule has 4 nitrogen and oxygen atoms in total. The van der Waals surface area contributed by atoms with Crippen LogP contribution in [0, 0.1) is 11.8 Å². The van der Waals surface area contributed by atoms with Crippen LogP contribution in [-0.4, -0.2) is 23.5 Å². The van der Waals surface area contributed by atoms with Gasteiger partial charge in [-0.25, -0.2) is 0 Å². The fourth-order valence-electron chi connectivity index (χ4n) is 3.98. The number of carbonyl (C=O) groups is 1. The SMILES string of the molecule is CC1CCCC(CCNC(=O)[C@@H](N)Cc2c[nH]c3ccccc23)C1. The highest BCUT2D eigenvalue weighted by atomic mass is 16.2. The van der Waals surface area contributed by atoms with E-state index in [1.807, 2.05) is 24.4 Å². The Bertz CT molecular complexity index is 678. The largest absolute Gasteiger partial charge is 0.361 e. The molecule has 0 radical (unpaired) electrons. The molecule has 1 aliphatic carbocycles. The van der Waals surface area contributed by atoms with Gasteiger partial charge in [-0.05, 0) is 42.7 Å². The Hall–Kier alpha value is -1.81.